The van der Waals surface area contributed by atoms with Crippen LogP contribution in [0.4, 0.5) is 5.69 Å². The molecule has 0 aliphatic carbocycles. The molecule has 1 unspecified atom stereocenters. The number of nitrogens with two attached hydrogens (primary N) is 1. The van der Waals surface area contributed by atoms with E-state index in [1.54, 1.807) is 0 Å². The molecule has 19 heavy (non-hydrogen) atoms. The number of nitrogens with one attached hydrogen (secondary N) is 1. The van der Waals surface area contributed by atoms with Gasteiger partial charge in [0, 0.05) is 29.6 Å². The molecule has 0 saturated carbocycles. The third-order valence-electron chi connectivity index (χ3n) is 2.38. The monoisotopic (exact) mass is 284 g/mol. The Labute approximate surface area is 114 Å². The van der Waals surface area contributed by atoms with Gasteiger partial charge in [-0.15, -0.1) is 0 Å². The Kier molecular flexibility index (Phi) is 4.88. The first-order valence-corrected chi connectivity index (χ1v) is 5.77. The van der Waals surface area contributed by atoms with Crippen molar-refractivity contribution in [3.8, 4) is 0 Å². The van der Waals surface area contributed by atoms with Crippen molar-refractivity contribution in [1.82, 2.24) is 5.32 Å². The molecular formula is C12H13ClN2O4. The average Bonchev–Trinajstić information content (AvgIpc) is 2.30. The molecule has 0 saturated heterocycles. The Morgan fingerprint density at radius 1 is 1.42 bits per heavy atom. The summed E-state index contributed by atoms with van der Waals surface area (Å²) in [4.78, 5) is 33.8. The number of carboxylic acids is 1. The van der Waals surface area contributed by atoms with Gasteiger partial charge in [0.2, 0.25) is 5.91 Å². The normalized spacial score (nSPS) is 11.7. The van der Waals surface area contributed by atoms with E-state index in [9.17, 15) is 14.4 Å². The van der Waals surface area contributed by atoms with E-state index in [2.05, 4.69) is 5.32 Å². The van der Waals surface area contributed by atoms with Gasteiger partial charge in [-0.25, -0.2) is 4.79 Å². The fourth-order valence-corrected chi connectivity index (χ4v) is 1.68. The van der Waals surface area contributed by atoms with Crippen molar-refractivity contribution in [3.05, 3.63) is 28.8 Å². The molecule has 1 rings (SSSR count). The number of ketones is 1. The van der Waals surface area contributed by atoms with Gasteiger partial charge in [0.1, 0.15) is 6.04 Å². The van der Waals surface area contributed by atoms with Gasteiger partial charge >= 0.3 is 5.97 Å². The summed E-state index contributed by atoms with van der Waals surface area (Å²) in [5.41, 5.74) is 5.98. The maximum Gasteiger partial charge on any atom is 0.326 e. The quantitative estimate of drug-likeness (QED) is 0.554. The molecule has 0 aromatic heterocycles. The third-order valence-corrected chi connectivity index (χ3v) is 2.62. The molecule has 1 aromatic rings. The minimum Gasteiger partial charge on any atom is -0.480 e. The Morgan fingerprint density at radius 2 is 2.05 bits per heavy atom. The zero-order valence-electron chi connectivity index (χ0n) is 10.1. The molecule has 1 amide bonds. The number of aliphatic carboxylic acids is 1. The lowest BCUT2D eigenvalue weighted by Crippen LogP contribution is -2.41. The molecule has 1 atom stereocenters. The maximum atomic E-state index is 12.0. The van der Waals surface area contributed by atoms with Crippen molar-refractivity contribution < 1.29 is 19.5 Å². The summed E-state index contributed by atoms with van der Waals surface area (Å²) < 4.78 is 0. The minimum absolute atomic E-state index is 0.143. The van der Waals surface area contributed by atoms with E-state index >= 15 is 0 Å². The lowest BCUT2D eigenvalue weighted by atomic mass is 10.0. The molecular weight excluding hydrogens is 272 g/mol. The molecule has 0 aliphatic heterocycles. The molecule has 0 spiro atoms. The highest BCUT2D eigenvalue weighted by atomic mass is 35.5. The highest BCUT2D eigenvalue weighted by Crippen LogP contribution is 2.20. The molecule has 1 aromatic carbocycles. The zero-order chi connectivity index (χ0) is 14.6. The SMILES string of the molecule is CC(=O)NC(CC(=O)c1cc(Cl)ccc1N)C(=O)O. The van der Waals surface area contributed by atoms with E-state index in [4.69, 9.17) is 22.4 Å². The Balaban J connectivity index is 2.90. The molecule has 0 heterocycles. The highest BCUT2D eigenvalue weighted by molar-refractivity contribution is 6.31. The van der Waals surface area contributed by atoms with E-state index < -0.39 is 23.7 Å². The van der Waals surface area contributed by atoms with Crippen LogP contribution in [0.3, 0.4) is 0 Å². The van der Waals surface area contributed by atoms with Crippen molar-refractivity contribution >= 4 is 34.9 Å². The Hall–Kier alpha value is -2.08. The van der Waals surface area contributed by atoms with Crippen LogP contribution in [-0.4, -0.2) is 28.8 Å². The molecule has 0 aliphatic rings. The number of benzene rings is 1. The van der Waals surface area contributed by atoms with Crippen LogP contribution in [0.5, 0.6) is 0 Å². The number of nitrogen functional groups attached to an aromatic ring is 1. The van der Waals surface area contributed by atoms with Gasteiger partial charge in [-0.1, -0.05) is 11.6 Å². The number of anilines is 1. The van der Waals surface area contributed by atoms with E-state index in [-0.39, 0.29) is 17.7 Å². The van der Waals surface area contributed by atoms with Crippen LogP contribution < -0.4 is 11.1 Å². The van der Waals surface area contributed by atoms with Gasteiger partial charge < -0.3 is 16.2 Å². The standard InChI is InChI=1S/C12H13ClN2O4/c1-6(16)15-10(12(18)19)5-11(17)8-4-7(13)2-3-9(8)14/h2-4,10H,5,14H2,1H3,(H,15,16)(H,18,19). The van der Waals surface area contributed by atoms with Crippen molar-refractivity contribution in [2.24, 2.45) is 0 Å². The predicted molar refractivity (Wildman–Crippen MR) is 70.1 cm³/mol. The molecule has 7 heteroatoms. The number of hydrogen-bond donors (Lipinski definition) is 3. The van der Waals surface area contributed by atoms with Gasteiger partial charge in [-0.2, -0.15) is 0 Å². The van der Waals surface area contributed by atoms with Gasteiger partial charge in [0.05, 0.1) is 0 Å². The first-order valence-electron chi connectivity index (χ1n) is 5.39. The average molecular weight is 285 g/mol. The second-order valence-electron chi connectivity index (χ2n) is 3.95. The van der Waals surface area contributed by atoms with Gasteiger partial charge in [0.25, 0.3) is 0 Å². The topological polar surface area (TPSA) is 109 Å². The van der Waals surface area contributed by atoms with Crippen LogP contribution in [0.25, 0.3) is 0 Å². The van der Waals surface area contributed by atoms with Gasteiger partial charge in [-0.3, -0.25) is 9.59 Å². The van der Waals surface area contributed by atoms with Gasteiger partial charge in [0.15, 0.2) is 5.78 Å². The zero-order valence-corrected chi connectivity index (χ0v) is 10.9. The fourth-order valence-electron chi connectivity index (χ4n) is 1.51. The van der Waals surface area contributed by atoms with Crippen molar-refractivity contribution in [2.45, 2.75) is 19.4 Å². The molecule has 102 valence electrons. The molecule has 0 fully saturated rings. The summed E-state index contributed by atoms with van der Waals surface area (Å²) in [6.45, 7) is 1.17. The lowest BCUT2D eigenvalue weighted by Gasteiger charge is -2.13. The fraction of sp³-hybridized carbons (Fsp3) is 0.250. The maximum absolute atomic E-state index is 12.0. The summed E-state index contributed by atoms with van der Waals surface area (Å²) in [6, 6.07) is 3.06. The number of carboxylic acid groups (broad SMARTS) is 1. The highest BCUT2D eigenvalue weighted by Gasteiger charge is 2.23. The van der Waals surface area contributed by atoms with Crippen molar-refractivity contribution in [1.29, 1.82) is 0 Å². The largest absolute Gasteiger partial charge is 0.480 e. The van der Waals surface area contributed by atoms with E-state index in [0.717, 1.165) is 0 Å². The van der Waals surface area contributed by atoms with Gasteiger partial charge in [-0.05, 0) is 18.2 Å². The molecule has 6 nitrogen and oxygen atoms in total. The Bertz CT molecular complexity index is 530. The summed E-state index contributed by atoms with van der Waals surface area (Å²) in [5.74, 6) is -2.32. The number of Topliss-reactive ketones (excluding diaryl/α,β-unsaturated/α-hetero) is 1. The second-order valence-corrected chi connectivity index (χ2v) is 4.39. The van der Waals surface area contributed by atoms with Crippen molar-refractivity contribution in [2.75, 3.05) is 5.73 Å². The third kappa shape index (κ3) is 4.26. The summed E-state index contributed by atoms with van der Waals surface area (Å²) in [5, 5.41) is 11.4. The number of carbonyl (C=O) groups is 3. The first kappa shape index (κ1) is 15.0. The lowest BCUT2D eigenvalue weighted by molar-refractivity contribution is -0.141. The Morgan fingerprint density at radius 3 is 2.58 bits per heavy atom. The number of carbonyl (C=O) groups excluding carboxylic acids is 2. The minimum atomic E-state index is -1.29. The van der Waals surface area contributed by atoms with Crippen LogP contribution in [0, 0.1) is 0 Å². The molecule has 0 bridgehead atoms. The van der Waals surface area contributed by atoms with E-state index in [1.165, 1.54) is 25.1 Å². The number of hydrogen-bond acceptors (Lipinski definition) is 4. The number of amides is 1. The van der Waals surface area contributed by atoms with Crippen LogP contribution in [-0.2, 0) is 9.59 Å². The summed E-state index contributed by atoms with van der Waals surface area (Å²) in [7, 11) is 0. The number of rotatable bonds is 5. The smallest absolute Gasteiger partial charge is 0.326 e. The van der Waals surface area contributed by atoms with Crippen LogP contribution in [0.2, 0.25) is 5.02 Å². The van der Waals surface area contributed by atoms with Crippen LogP contribution >= 0.6 is 11.6 Å². The number of halogens is 1. The molecule has 4 N–H and O–H groups in total. The van der Waals surface area contributed by atoms with Crippen LogP contribution in [0.1, 0.15) is 23.7 Å². The van der Waals surface area contributed by atoms with Crippen molar-refractivity contribution in [3.63, 3.8) is 0 Å². The summed E-state index contributed by atoms with van der Waals surface area (Å²) >= 11 is 5.75. The molecule has 0 radical (unpaired) electrons. The van der Waals surface area contributed by atoms with Crippen LogP contribution in [0.15, 0.2) is 18.2 Å². The first-order chi connectivity index (χ1) is 8.81. The van der Waals surface area contributed by atoms with E-state index in [1.807, 2.05) is 0 Å². The van der Waals surface area contributed by atoms with E-state index in [0.29, 0.717) is 5.02 Å². The second kappa shape index (κ2) is 6.19. The predicted octanol–water partition coefficient (Wildman–Crippen LogP) is 1.08. The summed E-state index contributed by atoms with van der Waals surface area (Å²) in [6.07, 6.45) is -0.389.